The van der Waals surface area contributed by atoms with Crippen molar-refractivity contribution in [1.82, 2.24) is 5.32 Å². The SMILES string of the molecule is CCOC(=O)c1c(NC(=O)COC(C)=O)sc(C(=O)NC)c1C. The van der Waals surface area contributed by atoms with Gasteiger partial charge in [0.25, 0.3) is 11.8 Å². The molecule has 0 aromatic carbocycles. The van der Waals surface area contributed by atoms with Gasteiger partial charge >= 0.3 is 11.9 Å². The zero-order valence-electron chi connectivity index (χ0n) is 13.3. The summed E-state index contributed by atoms with van der Waals surface area (Å²) in [4.78, 5) is 46.7. The van der Waals surface area contributed by atoms with E-state index in [1.54, 1.807) is 13.8 Å². The lowest BCUT2D eigenvalue weighted by atomic mass is 10.1. The van der Waals surface area contributed by atoms with Crippen molar-refractivity contribution in [3.63, 3.8) is 0 Å². The second kappa shape index (κ2) is 8.28. The fourth-order valence-electron chi connectivity index (χ4n) is 1.71. The van der Waals surface area contributed by atoms with Crippen LogP contribution in [0.4, 0.5) is 5.00 Å². The highest BCUT2D eigenvalue weighted by atomic mass is 32.1. The normalized spacial score (nSPS) is 9.91. The first kappa shape index (κ1) is 18.6. The van der Waals surface area contributed by atoms with Crippen LogP contribution in [0.25, 0.3) is 0 Å². The van der Waals surface area contributed by atoms with Crippen molar-refractivity contribution < 1.29 is 28.7 Å². The maximum absolute atomic E-state index is 12.1. The molecule has 1 aromatic rings. The first-order chi connectivity index (χ1) is 10.8. The summed E-state index contributed by atoms with van der Waals surface area (Å²) in [6, 6.07) is 0. The number of hydrogen-bond acceptors (Lipinski definition) is 7. The molecule has 0 bridgehead atoms. The number of nitrogens with one attached hydrogen (secondary N) is 2. The minimum Gasteiger partial charge on any atom is -0.462 e. The summed E-state index contributed by atoms with van der Waals surface area (Å²) in [6.45, 7) is 4.09. The molecular formula is C14H18N2O6S. The van der Waals surface area contributed by atoms with Gasteiger partial charge in [-0.2, -0.15) is 0 Å². The molecular weight excluding hydrogens is 324 g/mol. The van der Waals surface area contributed by atoms with Crippen molar-refractivity contribution in [3.05, 3.63) is 16.0 Å². The van der Waals surface area contributed by atoms with Gasteiger partial charge in [-0.15, -0.1) is 11.3 Å². The summed E-state index contributed by atoms with van der Waals surface area (Å²) in [5, 5.41) is 5.11. The lowest BCUT2D eigenvalue weighted by Gasteiger charge is -2.07. The Kier molecular flexibility index (Phi) is 6.70. The number of esters is 2. The van der Waals surface area contributed by atoms with Crippen LogP contribution in [0.15, 0.2) is 0 Å². The smallest absolute Gasteiger partial charge is 0.341 e. The highest BCUT2D eigenvalue weighted by Gasteiger charge is 2.26. The average molecular weight is 342 g/mol. The maximum atomic E-state index is 12.1. The van der Waals surface area contributed by atoms with Crippen LogP contribution in [0.2, 0.25) is 0 Å². The van der Waals surface area contributed by atoms with E-state index in [4.69, 9.17) is 4.74 Å². The molecule has 0 aliphatic heterocycles. The van der Waals surface area contributed by atoms with Crippen LogP contribution < -0.4 is 10.6 Å². The van der Waals surface area contributed by atoms with Crippen LogP contribution in [-0.4, -0.2) is 44.0 Å². The summed E-state index contributed by atoms with van der Waals surface area (Å²) in [7, 11) is 1.46. The summed E-state index contributed by atoms with van der Waals surface area (Å²) in [6.07, 6.45) is 0. The van der Waals surface area contributed by atoms with Gasteiger partial charge in [0.15, 0.2) is 6.61 Å². The molecule has 0 unspecified atom stereocenters. The fourth-order valence-corrected chi connectivity index (χ4v) is 2.87. The number of anilines is 1. The molecule has 0 aliphatic carbocycles. The zero-order chi connectivity index (χ0) is 17.6. The number of rotatable bonds is 6. The summed E-state index contributed by atoms with van der Waals surface area (Å²) in [5.74, 6) is -2.23. The molecule has 23 heavy (non-hydrogen) atoms. The average Bonchev–Trinajstić information content (AvgIpc) is 2.81. The van der Waals surface area contributed by atoms with Gasteiger partial charge in [-0.3, -0.25) is 14.4 Å². The number of hydrogen-bond donors (Lipinski definition) is 2. The Balaban J connectivity index is 3.13. The maximum Gasteiger partial charge on any atom is 0.341 e. The lowest BCUT2D eigenvalue weighted by molar-refractivity contribution is -0.144. The van der Waals surface area contributed by atoms with Crippen LogP contribution in [0.3, 0.4) is 0 Å². The van der Waals surface area contributed by atoms with Crippen LogP contribution in [0.1, 0.15) is 39.4 Å². The molecule has 9 heteroatoms. The van der Waals surface area contributed by atoms with E-state index in [1.807, 2.05) is 0 Å². The summed E-state index contributed by atoms with van der Waals surface area (Å²) in [5.41, 5.74) is 0.530. The van der Waals surface area contributed by atoms with Crippen molar-refractivity contribution in [2.24, 2.45) is 0 Å². The van der Waals surface area contributed by atoms with Gasteiger partial charge in [-0.25, -0.2) is 4.79 Å². The van der Waals surface area contributed by atoms with Crippen molar-refractivity contribution in [2.75, 3.05) is 25.6 Å². The van der Waals surface area contributed by atoms with Gasteiger partial charge in [0.2, 0.25) is 0 Å². The van der Waals surface area contributed by atoms with Gasteiger partial charge in [-0.1, -0.05) is 0 Å². The van der Waals surface area contributed by atoms with E-state index in [0.717, 1.165) is 11.3 Å². The molecule has 1 aromatic heterocycles. The number of carbonyl (C=O) groups is 4. The molecule has 0 saturated carbocycles. The van der Waals surface area contributed by atoms with E-state index in [9.17, 15) is 19.2 Å². The molecule has 0 radical (unpaired) electrons. The van der Waals surface area contributed by atoms with E-state index in [0.29, 0.717) is 10.4 Å². The predicted molar refractivity (Wildman–Crippen MR) is 83.7 cm³/mol. The lowest BCUT2D eigenvalue weighted by Crippen LogP contribution is -2.20. The number of thiophene rings is 1. The van der Waals surface area contributed by atoms with Gasteiger partial charge in [0.1, 0.15) is 5.00 Å². The summed E-state index contributed by atoms with van der Waals surface area (Å²) < 4.78 is 9.54. The Labute approximate surface area is 137 Å². The molecule has 126 valence electrons. The Hall–Kier alpha value is -2.42. The number of ether oxygens (including phenoxy) is 2. The third kappa shape index (κ3) is 4.78. The summed E-state index contributed by atoms with van der Waals surface area (Å²) >= 11 is 0.950. The molecule has 1 rings (SSSR count). The minimum atomic E-state index is -0.640. The van der Waals surface area contributed by atoms with Gasteiger partial charge < -0.3 is 20.1 Å². The first-order valence-electron chi connectivity index (χ1n) is 6.77. The topological polar surface area (TPSA) is 111 Å². The van der Waals surface area contributed by atoms with E-state index < -0.39 is 24.5 Å². The molecule has 0 fully saturated rings. The monoisotopic (exact) mass is 342 g/mol. The third-order valence-corrected chi connectivity index (χ3v) is 3.93. The van der Waals surface area contributed by atoms with E-state index in [1.165, 1.54) is 14.0 Å². The fraction of sp³-hybridized carbons (Fsp3) is 0.429. The third-order valence-electron chi connectivity index (χ3n) is 2.72. The van der Waals surface area contributed by atoms with Crippen molar-refractivity contribution >= 4 is 40.1 Å². The van der Waals surface area contributed by atoms with Crippen molar-refractivity contribution in [2.45, 2.75) is 20.8 Å². The van der Waals surface area contributed by atoms with Crippen molar-refractivity contribution in [1.29, 1.82) is 0 Å². The van der Waals surface area contributed by atoms with Crippen LogP contribution in [0.5, 0.6) is 0 Å². The standard InChI is InChI=1S/C14H18N2O6S/c1-5-21-14(20)10-7(2)11(12(19)15-4)23-13(10)16-9(18)6-22-8(3)17/h5-6H2,1-4H3,(H,15,19)(H,16,18). The molecule has 2 N–H and O–H groups in total. The molecule has 0 aliphatic rings. The zero-order valence-corrected chi connectivity index (χ0v) is 14.1. The molecule has 2 amide bonds. The highest BCUT2D eigenvalue weighted by Crippen LogP contribution is 2.33. The molecule has 0 atom stereocenters. The van der Waals surface area contributed by atoms with Gasteiger partial charge in [-0.05, 0) is 19.4 Å². The van der Waals surface area contributed by atoms with E-state index in [-0.39, 0.29) is 23.1 Å². The Morgan fingerprint density at radius 1 is 1.17 bits per heavy atom. The Morgan fingerprint density at radius 3 is 2.35 bits per heavy atom. The van der Waals surface area contributed by atoms with E-state index >= 15 is 0 Å². The molecule has 0 spiro atoms. The number of carbonyl (C=O) groups excluding carboxylic acids is 4. The predicted octanol–water partition coefficient (Wildman–Crippen LogP) is 1.09. The molecule has 8 nitrogen and oxygen atoms in total. The first-order valence-corrected chi connectivity index (χ1v) is 7.59. The quantitative estimate of drug-likeness (QED) is 0.749. The minimum absolute atomic E-state index is 0.117. The number of amides is 2. The van der Waals surface area contributed by atoms with Crippen LogP contribution >= 0.6 is 11.3 Å². The highest BCUT2D eigenvalue weighted by molar-refractivity contribution is 7.18. The second-order valence-corrected chi connectivity index (χ2v) is 5.41. The van der Waals surface area contributed by atoms with Gasteiger partial charge in [0, 0.05) is 14.0 Å². The Morgan fingerprint density at radius 2 is 1.83 bits per heavy atom. The van der Waals surface area contributed by atoms with Crippen LogP contribution in [-0.2, 0) is 19.1 Å². The Bertz CT molecular complexity index is 637. The molecule has 1 heterocycles. The van der Waals surface area contributed by atoms with Crippen molar-refractivity contribution in [3.8, 4) is 0 Å². The van der Waals surface area contributed by atoms with Gasteiger partial charge in [0.05, 0.1) is 17.0 Å². The van der Waals surface area contributed by atoms with E-state index in [2.05, 4.69) is 15.4 Å². The largest absolute Gasteiger partial charge is 0.462 e. The second-order valence-electron chi connectivity index (χ2n) is 4.39. The van der Waals surface area contributed by atoms with Crippen LogP contribution in [0, 0.1) is 6.92 Å². The molecule has 0 saturated heterocycles.